The first-order valence-corrected chi connectivity index (χ1v) is 28.7. The number of hydrogen-bond donors (Lipinski definition) is 1. The van der Waals surface area contributed by atoms with Gasteiger partial charge >= 0.3 is 0 Å². The Kier molecular flexibility index (Phi) is 27.3. The molecule has 5 nitrogen and oxygen atoms in total. The van der Waals surface area contributed by atoms with Crippen molar-refractivity contribution >= 4 is 0 Å². The molecule has 1 aliphatic carbocycles. The van der Waals surface area contributed by atoms with Crippen molar-refractivity contribution in [2.24, 2.45) is 67.5 Å². The van der Waals surface area contributed by atoms with Gasteiger partial charge in [-0.15, -0.1) is 0 Å². The standard InChI is InChI=1S/C14H28.C13H27N.2C12H24O.C8H18N2.C4H10/c1-13(2,3)11-7-9-12(10-8-11)14(4,5)6;1-12(2,3)11-7-9-14(10-8-11)13(4,5)6;1-11(2,3)9-7-10(13-8-9)12(4,5)6;1-11(2,3)9-7-8-10(13-9)12(4,5)6;1-8(2,3)10-6-4-9-5-7-10;1-4(2)3/h11-12H,7-10H2,1-6H3;11H,7-10H2,1-6H3;2*9-10H,7-8H2,1-6H3;9H,4-7H2,1-3H3;4H,1-3H3. The molecule has 4 heterocycles. The zero-order chi connectivity index (χ0) is 53.7. The van der Waals surface area contributed by atoms with Crippen LogP contribution >= 0.6 is 0 Å². The van der Waals surface area contributed by atoms with Crippen LogP contribution in [0.4, 0.5) is 0 Å². The van der Waals surface area contributed by atoms with E-state index in [0.717, 1.165) is 49.3 Å². The molecule has 68 heavy (non-hydrogen) atoms. The molecule has 410 valence electrons. The summed E-state index contributed by atoms with van der Waals surface area (Å²) < 4.78 is 11.9. The van der Waals surface area contributed by atoms with Crippen LogP contribution in [0.5, 0.6) is 0 Å². The number of hydrogen-bond acceptors (Lipinski definition) is 5. The second kappa shape index (κ2) is 27.4. The Balaban J connectivity index is 0.000000811. The van der Waals surface area contributed by atoms with E-state index in [1.807, 2.05) is 0 Å². The van der Waals surface area contributed by atoms with Crippen LogP contribution in [-0.4, -0.2) is 85.1 Å². The monoisotopic (exact) mass is 962 g/mol. The molecule has 1 saturated carbocycles. The van der Waals surface area contributed by atoms with Gasteiger partial charge in [-0.3, -0.25) is 9.80 Å². The molecule has 5 rings (SSSR count). The fraction of sp³-hybridized carbons (Fsp3) is 1.00. The fourth-order valence-electron chi connectivity index (χ4n) is 10.3. The lowest BCUT2D eigenvalue weighted by atomic mass is 9.64. The van der Waals surface area contributed by atoms with Gasteiger partial charge in [-0.05, 0) is 180 Å². The normalized spacial score (nSPS) is 26.7. The van der Waals surface area contributed by atoms with Crippen molar-refractivity contribution in [2.75, 3.05) is 45.9 Å². The molecule has 0 amide bonds. The van der Waals surface area contributed by atoms with Crippen molar-refractivity contribution in [3.63, 3.8) is 0 Å². The summed E-state index contributed by atoms with van der Waals surface area (Å²) in [4.78, 5) is 5.14. The van der Waals surface area contributed by atoms with Gasteiger partial charge in [0.2, 0.25) is 0 Å². The predicted molar refractivity (Wildman–Crippen MR) is 306 cm³/mol. The van der Waals surface area contributed by atoms with Gasteiger partial charge in [0, 0.05) is 37.3 Å². The Morgan fingerprint density at radius 1 is 0.353 bits per heavy atom. The SMILES string of the molecule is CC(C)(C)C1CCC(C(C)(C)C)CC1.CC(C)(C)C1CCC(C(C)(C)C)O1.CC(C)(C)C1CCN(C(C)(C)C)CC1.CC(C)(C)C1COC(C(C)(C)C)C1.CC(C)(C)N1CCNCC1.CC(C)C. The summed E-state index contributed by atoms with van der Waals surface area (Å²) in [6.07, 6.45) is 13.6. The average Bonchev–Trinajstić information content (AvgIpc) is 3.87. The summed E-state index contributed by atoms with van der Waals surface area (Å²) in [7, 11) is 0. The van der Waals surface area contributed by atoms with Gasteiger partial charge in [0.1, 0.15) is 0 Å². The highest BCUT2D eigenvalue weighted by Crippen LogP contribution is 2.46. The van der Waals surface area contributed by atoms with E-state index in [1.54, 1.807) is 0 Å². The van der Waals surface area contributed by atoms with Crippen LogP contribution in [0.15, 0.2) is 0 Å². The van der Waals surface area contributed by atoms with E-state index in [9.17, 15) is 0 Å². The number of nitrogens with zero attached hydrogens (tertiary/aromatic N) is 2. The third-order valence-corrected chi connectivity index (χ3v) is 16.1. The van der Waals surface area contributed by atoms with E-state index >= 15 is 0 Å². The number of piperazine rings is 1. The van der Waals surface area contributed by atoms with Crippen molar-refractivity contribution in [1.29, 1.82) is 0 Å². The minimum Gasteiger partial charge on any atom is -0.377 e. The van der Waals surface area contributed by atoms with E-state index in [1.165, 1.54) is 84.0 Å². The summed E-state index contributed by atoms with van der Waals surface area (Å²) in [6.45, 7) is 77.4. The first-order chi connectivity index (χ1) is 30.2. The van der Waals surface area contributed by atoms with Gasteiger partial charge in [-0.2, -0.15) is 0 Å². The molecular formula is C63H131N3O2. The molecule has 0 aromatic carbocycles. The van der Waals surface area contributed by atoms with E-state index < -0.39 is 0 Å². The molecule has 0 radical (unpaired) electrons. The van der Waals surface area contributed by atoms with Crippen molar-refractivity contribution < 1.29 is 9.47 Å². The van der Waals surface area contributed by atoms with Crippen molar-refractivity contribution in [3.8, 4) is 0 Å². The lowest BCUT2D eigenvalue weighted by Crippen LogP contribution is -2.51. The van der Waals surface area contributed by atoms with Crippen LogP contribution in [0.2, 0.25) is 0 Å². The highest BCUT2D eigenvalue weighted by molar-refractivity contribution is 4.90. The highest BCUT2D eigenvalue weighted by atomic mass is 16.5. The maximum atomic E-state index is 6.09. The molecule has 0 spiro atoms. The quantitative estimate of drug-likeness (QED) is 0.262. The van der Waals surface area contributed by atoms with Gasteiger partial charge in [0.05, 0.1) is 24.9 Å². The smallest absolute Gasteiger partial charge is 0.0628 e. The molecule has 4 saturated heterocycles. The first-order valence-electron chi connectivity index (χ1n) is 28.7. The Morgan fingerprint density at radius 3 is 0.838 bits per heavy atom. The van der Waals surface area contributed by atoms with Gasteiger partial charge in [0.15, 0.2) is 0 Å². The number of piperidine rings is 1. The molecule has 5 aliphatic rings. The fourth-order valence-corrected chi connectivity index (χ4v) is 10.3. The highest BCUT2D eigenvalue weighted by Gasteiger charge is 2.40. The van der Waals surface area contributed by atoms with Crippen molar-refractivity contribution in [3.05, 3.63) is 0 Å². The lowest BCUT2D eigenvalue weighted by molar-refractivity contribution is -0.0568. The number of nitrogens with one attached hydrogen (secondary N) is 1. The van der Waals surface area contributed by atoms with E-state index in [-0.39, 0.29) is 0 Å². The summed E-state index contributed by atoms with van der Waals surface area (Å²) in [6, 6.07) is 0. The van der Waals surface area contributed by atoms with Crippen LogP contribution in [0.25, 0.3) is 0 Å². The molecular weight excluding hydrogens is 831 g/mol. The maximum Gasteiger partial charge on any atom is 0.0628 e. The zero-order valence-corrected chi connectivity index (χ0v) is 52.6. The van der Waals surface area contributed by atoms with Crippen molar-refractivity contribution in [1.82, 2.24) is 15.1 Å². The Morgan fingerprint density at radius 2 is 0.632 bits per heavy atom. The third kappa shape index (κ3) is 27.7. The summed E-state index contributed by atoms with van der Waals surface area (Å²) >= 11 is 0. The van der Waals surface area contributed by atoms with Gasteiger partial charge in [-0.1, -0.05) is 166 Å². The Bertz CT molecular complexity index is 1130. The van der Waals surface area contributed by atoms with E-state index in [0.29, 0.717) is 67.3 Å². The third-order valence-electron chi connectivity index (χ3n) is 16.1. The molecule has 4 unspecified atom stereocenters. The maximum absolute atomic E-state index is 6.09. The van der Waals surface area contributed by atoms with Crippen LogP contribution in [0.3, 0.4) is 0 Å². The van der Waals surface area contributed by atoms with Crippen molar-refractivity contribution in [2.45, 2.75) is 295 Å². The molecule has 5 fully saturated rings. The number of rotatable bonds is 0. The molecule has 1 N–H and O–H groups in total. The zero-order valence-electron chi connectivity index (χ0n) is 52.6. The van der Waals surface area contributed by atoms with Crippen LogP contribution < -0.4 is 5.32 Å². The molecule has 4 atom stereocenters. The second-order valence-corrected chi connectivity index (χ2v) is 32.6. The number of ether oxygens (including phenoxy) is 2. The second-order valence-electron chi connectivity index (χ2n) is 32.6. The lowest BCUT2D eigenvalue weighted by Gasteiger charge is -2.44. The molecule has 0 bridgehead atoms. The predicted octanol–water partition coefficient (Wildman–Crippen LogP) is 17.9. The Hall–Kier alpha value is -0.200. The molecule has 0 aromatic rings. The van der Waals surface area contributed by atoms with E-state index in [4.69, 9.17) is 9.47 Å². The molecule has 0 aromatic heterocycles. The van der Waals surface area contributed by atoms with Crippen LogP contribution in [0.1, 0.15) is 265 Å². The largest absolute Gasteiger partial charge is 0.377 e. The minimum atomic E-state index is 0.306. The van der Waals surface area contributed by atoms with Crippen LogP contribution in [-0.2, 0) is 9.47 Å². The van der Waals surface area contributed by atoms with Gasteiger partial charge < -0.3 is 14.8 Å². The summed E-state index contributed by atoms with van der Waals surface area (Å²) in [5.41, 5.74) is 3.61. The summed E-state index contributed by atoms with van der Waals surface area (Å²) in [5.74, 6) is 4.40. The van der Waals surface area contributed by atoms with Gasteiger partial charge in [-0.25, -0.2) is 0 Å². The molecule has 5 heteroatoms. The minimum absolute atomic E-state index is 0.306. The summed E-state index contributed by atoms with van der Waals surface area (Å²) in [5, 5.41) is 3.35. The van der Waals surface area contributed by atoms with Gasteiger partial charge in [0.25, 0.3) is 0 Å². The van der Waals surface area contributed by atoms with Crippen LogP contribution in [0, 0.1) is 67.5 Å². The Labute approximate surface area is 431 Å². The average molecular weight is 963 g/mol. The number of likely N-dealkylation sites (tertiary alicyclic amines) is 1. The first kappa shape index (κ1) is 67.8. The van der Waals surface area contributed by atoms with E-state index in [2.05, 4.69) is 223 Å². The molecule has 4 aliphatic heterocycles. The topological polar surface area (TPSA) is 37.0 Å².